The van der Waals surface area contributed by atoms with Crippen molar-refractivity contribution in [3.05, 3.63) is 12.2 Å². The van der Waals surface area contributed by atoms with Gasteiger partial charge in [0.25, 0.3) is 0 Å². The number of unbranched alkanes of at least 4 members (excludes halogenated alkanes) is 38. The molecule has 0 spiro atoms. The Labute approximate surface area is 344 Å². The highest BCUT2D eigenvalue weighted by Crippen LogP contribution is 2.17. The fourth-order valence-corrected chi connectivity index (χ4v) is 7.95. The van der Waals surface area contributed by atoms with Gasteiger partial charge in [-0.3, -0.25) is 4.79 Å². The van der Waals surface area contributed by atoms with Crippen molar-refractivity contribution in [2.75, 3.05) is 6.61 Å². The van der Waals surface area contributed by atoms with Gasteiger partial charge in [0.2, 0.25) is 5.91 Å². The molecule has 3 unspecified atom stereocenters. The van der Waals surface area contributed by atoms with Gasteiger partial charge in [0, 0.05) is 0 Å². The maximum Gasteiger partial charge on any atom is 0.249 e. The van der Waals surface area contributed by atoms with Crippen LogP contribution in [0.2, 0.25) is 0 Å². The smallest absolute Gasteiger partial charge is 0.249 e. The molecule has 0 aliphatic rings. The summed E-state index contributed by atoms with van der Waals surface area (Å²) in [5, 5.41) is 33.2. The molecule has 0 aromatic rings. The molecule has 0 aromatic heterocycles. The molecule has 5 heteroatoms. The van der Waals surface area contributed by atoms with Gasteiger partial charge in [-0.1, -0.05) is 270 Å². The number of allylic oxidation sites excluding steroid dienone is 1. The average Bonchev–Trinajstić information content (AvgIpc) is 3.19. The van der Waals surface area contributed by atoms with Gasteiger partial charge >= 0.3 is 0 Å². The van der Waals surface area contributed by atoms with E-state index in [0.717, 1.165) is 32.1 Å². The maximum absolute atomic E-state index is 12.5. The number of rotatable bonds is 46. The van der Waals surface area contributed by atoms with Crippen LogP contribution < -0.4 is 5.32 Å². The van der Waals surface area contributed by atoms with Gasteiger partial charge in [-0.25, -0.2) is 0 Å². The molecule has 0 heterocycles. The van der Waals surface area contributed by atoms with Crippen LogP contribution in [-0.2, 0) is 4.79 Å². The van der Waals surface area contributed by atoms with Crippen molar-refractivity contribution in [3.8, 4) is 0 Å². The number of aliphatic hydroxyl groups excluding tert-OH is 3. The minimum absolute atomic E-state index is 0.359. The Kier molecular flexibility index (Phi) is 45.0. The molecule has 4 N–H and O–H groups in total. The Bertz CT molecular complexity index is 773. The molecule has 0 radical (unpaired) electrons. The maximum atomic E-state index is 12.5. The van der Waals surface area contributed by atoms with E-state index >= 15 is 0 Å². The van der Waals surface area contributed by atoms with E-state index in [1.165, 1.54) is 225 Å². The predicted octanol–water partition coefficient (Wildman–Crippen LogP) is 14.8. The molecule has 1 amide bonds. The summed E-state index contributed by atoms with van der Waals surface area (Å²) in [4.78, 5) is 12.5. The second kappa shape index (κ2) is 45.8. The number of hydrogen-bond acceptors (Lipinski definition) is 4. The molecule has 0 saturated heterocycles. The minimum Gasteiger partial charge on any atom is -0.394 e. The lowest BCUT2D eigenvalue weighted by atomic mass is 10.0. The molecule has 0 bridgehead atoms. The summed E-state index contributed by atoms with van der Waals surface area (Å²) in [5.41, 5.74) is 0. The van der Waals surface area contributed by atoms with Crippen molar-refractivity contribution >= 4 is 5.91 Å². The fourth-order valence-electron chi connectivity index (χ4n) is 7.95. The fraction of sp³-hybridized carbons (Fsp3) is 0.940. The zero-order chi connectivity index (χ0) is 40.1. The Morgan fingerprint density at radius 2 is 0.709 bits per heavy atom. The van der Waals surface area contributed by atoms with Crippen LogP contribution >= 0.6 is 0 Å². The molecule has 0 rings (SSSR count). The Morgan fingerprint density at radius 3 is 1.00 bits per heavy atom. The van der Waals surface area contributed by atoms with Gasteiger partial charge in [0.1, 0.15) is 6.10 Å². The van der Waals surface area contributed by atoms with E-state index in [0.29, 0.717) is 6.42 Å². The first-order chi connectivity index (χ1) is 27.1. The van der Waals surface area contributed by atoms with Crippen molar-refractivity contribution in [2.24, 2.45) is 0 Å². The molecule has 328 valence electrons. The molecule has 3 atom stereocenters. The average molecular weight is 778 g/mol. The summed E-state index contributed by atoms with van der Waals surface area (Å²) in [6.45, 7) is 4.20. The van der Waals surface area contributed by atoms with E-state index in [2.05, 4.69) is 19.2 Å². The summed E-state index contributed by atoms with van der Waals surface area (Å²) < 4.78 is 0. The standard InChI is InChI=1S/C50H99NO4/c1-3-5-7-9-11-13-15-17-18-19-20-21-22-23-24-25-26-27-28-29-30-31-33-35-37-39-41-43-45-49(54)50(55)51-47(46-52)48(53)44-42-40-38-36-34-32-16-14-12-10-8-6-4-2/h42,44,47-49,52-54H,3-41,43,45-46H2,1-2H3,(H,51,55)/b44-42+. The first-order valence-electron chi connectivity index (χ1n) is 25.0. The van der Waals surface area contributed by atoms with E-state index in [1.54, 1.807) is 6.08 Å². The Balaban J connectivity index is 3.51. The molecule has 0 aliphatic carbocycles. The second-order valence-electron chi connectivity index (χ2n) is 17.4. The molecule has 0 saturated carbocycles. The first kappa shape index (κ1) is 54.1. The molecule has 55 heavy (non-hydrogen) atoms. The summed E-state index contributed by atoms with van der Waals surface area (Å²) in [7, 11) is 0. The third kappa shape index (κ3) is 41.1. The number of nitrogens with one attached hydrogen (secondary N) is 1. The Morgan fingerprint density at radius 1 is 0.436 bits per heavy atom. The van der Waals surface area contributed by atoms with Gasteiger partial charge in [0.15, 0.2) is 0 Å². The third-order valence-electron chi connectivity index (χ3n) is 11.9. The zero-order valence-corrected chi connectivity index (χ0v) is 37.3. The lowest BCUT2D eigenvalue weighted by Gasteiger charge is -2.21. The van der Waals surface area contributed by atoms with Crippen molar-refractivity contribution in [1.82, 2.24) is 5.32 Å². The summed E-state index contributed by atoms with van der Waals surface area (Å²) in [5.74, 6) is -0.498. The summed E-state index contributed by atoms with van der Waals surface area (Å²) in [6.07, 6.45) is 55.6. The number of aliphatic hydroxyl groups is 3. The highest BCUT2D eigenvalue weighted by molar-refractivity contribution is 5.80. The van der Waals surface area contributed by atoms with E-state index in [9.17, 15) is 20.1 Å². The molecule has 5 nitrogen and oxygen atoms in total. The van der Waals surface area contributed by atoms with Crippen molar-refractivity contribution < 1.29 is 20.1 Å². The SMILES string of the molecule is CCCCCCCCCCCCC/C=C/C(O)C(CO)NC(=O)C(O)CCCCCCCCCCCCCCCCCCCCCCCCCCCCCC. The van der Waals surface area contributed by atoms with Crippen LogP contribution in [0.15, 0.2) is 12.2 Å². The summed E-state index contributed by atoms with van der Waals surface area (Å²) >= 11 is 0. The van der Waals surface area contributed by atoms with Crippen LogP contribution in [0.4, 0.5) is 0 Å². The highest BCUT2D eigenvalue weighted by atomic mass is 16.3. The second-order valence-corrected chi connectivity index (χ2v) is 17.4. The van der Waals surface area contributed by atoms with E-state index in [1.807, 2.05) is 6.08 Å². The lowest BCUT2D eigenvalue weighted by molar-refractivity contribution is -0.131. The number of amides is 1. The van der Waals surface area contributed by atoms with Gasteiger partial charge in [-0.05, 0) is 19.3 Å². The molecular formula is C50H99NO4. The quantitative estimate of drug-likeness (QED) is 0.0366. The van der Waals surface area contributed by atoms with Gasteiger partial charge in [-0.15, -0.1) is 0 Å². The van der Waals surface area contributed by atoms with Gasteiger partial charge < -0.3 is 20.6 Å². The largest absolute Gasteiger partial charge is 0.394 e. The van der Waals surface area contributed by atoms with Crippen LogP contribution in [0, 0.1) is 0 Å². The van der Waals surface area contributed by atoms with Gasteiger partial charge in [0.05, 0.1) is 18.8 Å². The van der Waals surface area contributed by atoms with Crippen molar-refractivity contribution in [2.45, 2.75) is 295 Å². The van der Waals surface area contributed by atoms with Crippen LogP contribution in [-0.4, -0.2) is 46.1 Å². The molecule has 0 fully saturated rings. The van der Waals surface area contributed by atoms with Crippen LogP contribution in [0.25, 0.3) is 0 Å². The van der Waals surface area contributed by atoms with Crippen molar-refractivity contribution in [1.29, 1.82) is 0 Å². The lowest BCUT2D eigenvalue weighted by Crippen LogP contribution is -2.48. The molecule has 0 aromatic carbocycles. The van der Waals surface area contributed by atoms with Crippen LogP contribution in [0.1, 0.15) is 277 Å². The normalized spacial score (nSPS) is 13.5. The van der Waals surface area contributed by atoms with Crippen LogP contribution in [0.5, 0.6) is 0 Å². The van der Waals surface area contributed by atoms with Gasteiger partial charge in [-0.2, -0.15) is 0 Å². The molecule has 0 aliphatic heterocycles. The third-order valence-corrected chi connectivity index (χ3v) is 11.9. The van der Waals surface area contributed by atoms with Crippen molar-refractivity contribution in [3.63, 3.8) is 0 Å². The van der Waals surface area contributed by atoms with E-state index in [4.69, 9.17) is 0 Å². The summed E-state index contributed by atoms with van der Waals surface area (Å²) in [6, 6.07) is -0.792. The first-order valence-corrected chi connectivity index (χ1v) is 25.0. The number of hydrogen-bond donors (Lipinski definition) is 4. The number of carbonyl (C=O) groups excluding carboxylic acids is 1. The number of carbonyl (C=O) groups is 1. The Hall–Kier alpha value is -0.910. The zero-order valence-electron chi connectivity index (χ0n) is 37.3. The topological polar surface area (TPSA) is 89.8 Å². The monoisotopic (exact) mass is 778 g/mol. The van der Waals surface area contributed by atoms with Crippen LogP contribution in [0.3, 0.4) is 0 Å². The molecular weight excluding hydrogens is 679 g/mol. The minimum atomic E-state index is -1.09. The highest BCUT2D eigenvalue weighted by Gasteiger charge is 2.22. The van der Waals surface area contributed by atoms with E-state index in [-0.39, 0.29) is 6.61 Å². The van der Waals surface area contributed by atoms with E-state index < -0.39 is 24.2 Å². The predicted molar refractivity (Wildman–Crippen MR) is 241 cm³/mol.